The predicted octanol–water partition coefficient (Wildman–Crippen LogP) is 2.56. The zero-order chi connectivity index (χ0) is 9.97. The Morgan fingerprint density at radius 2 is 2.07 bits per heavy atom. The van der Waals surface area contributed by atoms with Crippen molar-refractivity contribution in [1.82, 2.24) is 4.90 Å². The molecular weight excluding hydrogens is 192 g/mol. The number of nitrogens with zero attached hydrogens (tertiary/aromatic N) is 1. The van der Waals surface area contributed by atoms with E-state index >= 15 is 0 Å². The van der Waals surface area contributed by atoms with E-state index in [1.165, 1.54) is 37.2 Å². The number of thiophene rings is 1. The molecule has 1 aromatic rings. The minimum atomic E-state index is 0.680. The Balaban J connectivity index is 1.89. The Bertz CT molecular complexity index is 287. The molecule has 2 nitrogen and oxygen atoms in total. The zero-order valence-electron chi connectivity index (χ0n) is 8.92. The van der Waals surface area contributed by atoms with Crippen LogP contribution in [0.3, 0.4) is 0 Å². The van der Waals surface area contributed by atoms with Crippen LogP contribution in [0, 0.1) is 6.92 Å². The van der Waals surface area contributed by atoms with Crippen molar-refractivity contribution in [3.63, 3.8) is 0 Å². The molecule has 78 valence electrons. The van der Waals surface area contributed by atoms with E-state index in [-0.39, 0.29) is 0 Å². The quantitative estimate of drug-likeness (QED) is 0.807. The Kier molecular flexibility index (Phi) is 3.08. The van der Waals surface area contributed by atoms with E-state index in [9.17, 15) is 0 Å². The third-order valence-electron chi connectivity index (χ3n) is 2.93. The number of nitrogens with one attached hydrogen (secondary N) is 1. The highest BCUT2D eigenvalue weighted by Crippen LogP contribution is 2.22. The van der Waals surface area contributed by atoms with E-state index in [4.69, 9.17) is 0 Å². The van der Waals surface area contributed by atoms with Crippen LogP contribution >= 0.6 is 11.3 Å². The van der Waals surface area contributed by atoms with E-state index in [0.29, 0.717) is 6.04 Å². The molecule has 0 amide bonds. The van der Waals surface area contributed by atoms with Crippen LogP contribution in [0.2, 0.25) is 0 Å². The van der Waals surface area contributed by atoms with Crippen molar-refractivity contribution in [3.05, 3.63) is 16.3 Å². The number of anilines is 1. The molecule has 0 saturated carbocycles. The van der Waals surface area contributed by atoms with Crippen LogP contribution in [0.4, 0.5) is 5.69 Å². The first-order chi connectivity index (χ1) is 6.75. The molecule has 0 unspecified atom stereocenters. The molecule has 1 saturated heterocycles. The Labute approximate surface area is 89.9 Å². The van der Waals surface area contributed by atoms with Gasteiger partial charge in [0.15, 0.2) is 0 Å². The summed E-state index contributed by atoms with van der Waals surface area (Å²) in [6.07, 6.45) is 2.54. The van der Waals surface area contributed by atoms with Gasteiger partial charge in [0.05, 0.1) is 0 Å². The maximum atomic E-state index is 3.63. The number of aryl methyl sites for hydroxylation is 1. The highest BCUT2D eigenvalue weighted by Gasteiger charge is 2.16. The van der Waals surface area contributed by atoms with Gasteiger partial charge in [-0.1, -0.05) is 0 Å². The average molecular weight is 210 g/mol. The second-order valence-corrected chi connectivity index (χ2v) is 4.93. The van der Waals surface area contributed by atoms with Crippen LogP contribution in [0.5, 0.6) is 0 Å². The lowest BCUT2D eigenvalue weighted by Crippen LogP contribution is -2.36. The fourth-order valence-corrected chi connectivity index (χ4v) is 2.67. The molecule has 0 radical (unpaired) electrons. The summed E-state index contributed by atoms with van der Waals surface area (Å²) in [6, 6.07) is 0.680. The lowest BCUT2D eigenvalue weighted by molar-refractivity contribution is 0.264. The van der Waals surface area contributed by atoms with Crippen molar-refractivity contribution >= 4 is 17.0 Å². The van der Waals surface area contributed by atoms with Crippen LogP contribution in [0.25, 0.3) is 0 Å². The maximum Gasteiger partial charge on any atom is 0.0480 e. The van der Waals surface area contributed by atoms with Crippen LogP contribution in [0.1, 0.15) is 18.4 Å². The van der Waals surface area contributed by atoms with Crippen LogP contribution in [-0.4, -0.2) is 31.1 Å². The van der Waals surface area contributed by atoms with E-state index in [1.54, 1.807) is 11.3 Å². The van der Waals surface area contributed by atoms with Gasteiger partial charge in [-0.15, -0.1) is 11.3 Å². The second kappa shape index (κ2) is 4.32. The van der Waals surface area contributed by atoms with Gasteiger partial charge in [-0.2, -0.15) is 0 Å². The third-order valence-corrected chi connectivity index (χ3v) is 3.80. The lowest BCUT2D eigenvalue weighted by atomic mass is 10.1. The standard InChI is InChI=1S/C11H18N2S/c1-9-7-14-8-11(9)12-10-3-5-13(2)6-4-10/h7-8,10,12H,3-6H2,1-2H3. The van der Waals surface area contributed by atoms with Crippen LogP contribution < -0.4 is 5.32 Å². The van der Waals surface area contributed by atoms with E-state index < -0.39 is 0 Å². The van der Waals surface area contributed by atoms with Crippen molar-refractivity contribution in [2.24, 2.45) is 0 Å². The van der Waals surface area contributed by atoms with Gasteiger partial charge in [0.2, 0.25) is 0 Å². The summed E-state index contributed by atoms with van der Waals surface area (Å²) in [5.41, 5.74) is 2.72. The zero-order valence-corrected chi connectivity index (χ0v) is 9.73. The minimum Gasteiger partial charge on any atom is -0.381 e. The number of hydrogen-bond donors (Lipinski definition) is 1. The molecule has 0 aliphatic carbocycles. The molecule has 1 aromatic heterocycles. The van der Waals surface area contributed by atoms with Gasteiger partial charge in [-0.05, 0) is 50.8 Å². The molecule has 2 rings (SSSR count). The smallest absolute Gasteiger partial charge is 0.0480 e. The second-order valence-electron chi connectivity index (χ2n) is 4.19. The molecule has 0 bridgehead atoms. The van der Waals surface area contributed by atoms with Gasteiger partial charge in [-0.25, -0.2) is 0 Å². The number of rotatable bonds is 2. The van der Waals surface area contributed by atoms with Crippen LogP contribution in [0.15, 0.2) is 10.8 Å². The first-order valence-corrected chi connectivity index (χ1v) is 6.18. The summed E-state index contributed by atoms with van der Waals surface area (Å²) in [7, 11) is 2.20. The summed E-state index contributed by atoms with van der Waals surface area (Å²) in [6.45, 7) is 4.62. The van der Waals surface area contributed by atoms with Crippen molar-refractivity contribution < 1.29 is 0 Å². The molecule has 0 atom stereocenters. The summed E-state index contributed by atoms with van der Waals surface area (Å²) >= 11 is 1.78. The third kappa shape index (κ3) is 2.28. The van der Waals surface area contributed by atoms with Crippen molar-refractivity contribution in [3.8, 4) is 0 Å². The summed E-state index contributed by atoms with van der Waals surface area (Å²) in [5.74, 6) is 0. The Morgan fingerprint density at radius 3 is 2.64 bits per heavy atom. The summed E-state index contributed by atoms with van der Waals surface area (Å²) in [5, 5.41) is 8.05. The average Bonchev–Trinajstić information content (AvgIpc) is 2.56. The first-order valence-electron chi connectivity index (χ1n) is 5.23. The Morgan fingerprint density at radius 1 is 1.36 bits per heavy atom. The fraction of sp³-hybridized carbons (Fsp3) is 0.636. The molecule has 1 fully saturated rings. The molecule has 2 heterocycles. The molecule has 0 spiro atoms. The van der Waals surface area contributed by atoms with Gasteiger partial charge < -0.3 is 10.2 Å². The largest absolute Gasteiger partial charge is 0.381 e. The Hall–Kier alpha value is -0.540. The number of likely N-dealkylation sites (tertiary alicyclic amines) is 1. The minimum absolute atomic E-state index is 0.680. The van der Waals surface area contributed by atoms with E-state index in [1.807, 2.05) is 0 Å². The topological polar surface area (TPSA) is 15.3 Å². The van der Waals surface area contributed by atoms with Gasteiger partial charge in [0.1, 0.15) is 0 Å². The number of hydrogen-bond acceptors (Lipinski definition) is 3. The van der Waals surface area contributed by atoms with Gasteiger partial charge >= 0.3 is 0 Å². The molecule has 1 aliphatic rings. The summed E-state index contributed by atoms with van der Waals surface area (Å²) < 4.78 is 0. The lowest BCUT2D eigenvalue weighted by Gasteiger charge is -2.30. The fourth-order valence-electron chi connectivity index (χ4n) is 1.88. The molecular formula is C11H18N2S. The molecule has 1 N–H and O–H groups in total. The van der Waals surface area contributed by atoms with Crippen LogP contribution in [-0.2, 0) is 0 Å². The van der Waals surface area contributed by atoms with E-state index in [2.05, 4.69) is 34.9 Å². The van der Waals surface area contributed by atoms with Gasteiger partial charge in [0, 0.05) is 17.1 Å². The molecule has 14 heavy (non-hydrogen) atoms. The van der Waals surface area contributed by atoms with Crippen molar-refractivity contribution in [2.75, 3.05) is 25.5 Å². The molecule has 0 aromatic carbocycles. The predicted molar refractivity (Wildman–Crippen MR) is 63.2 cm³/mol. The van der Waals surface area contributed by atoms with Gasteiger partial charge in [0.25, 0.3) is 0 Å². The monoisotopic (exact) mass is 210 g/mol. The van der Waals surface area contributed by atoms with Crippen molar-refractivity contribution in [2.45, 2.75) is 25.8 Å². The normalized spacial score (nSPS) is 19.9. The summed E-state index contributed by atoms with van der Waals surface area (Å²) in [4.78, 5) is 2.40. The van der Waals surface area contributed by atoms with E-state index in [0.717, 1.165) is 0 Å². The highest BCUT2D eigenvalue weighted by molar-refractivity contribution is 7.08. The number of piperidine rings is 1. The maximum absolute atomic E-state index is 3.63. The molecule has 3 heteroatoms. The van der Waals surface area contributed by atoms with Gasteiger partial charge in [-0.3, -0.25) is 0 Å². The van der Waals surface area contributed by atoms with Crippen molar-refractivity contribution in [1.29, 1.82) is 0 Å². The first kappa shape index (κ1) is 9.99. The molecule has 1 aliphatic heterocycles. The SMILES string of the molecule is Cc1cscc1NC1CCN(C)CC1. The highest BCUT2D eigenvalue weighted by atomic mass is 32.1.